The highest BCUT2D eigenvalue weighted by Crippen LogP contribution is 2.29. The third kappa shape index (κ3) is 4.23. The number of hydrogen-bond donors (Lipinski definition) is 0. The second-order valence-electron chi connectivity index (χ2n) is 8.77. The van der Waals surface area contributed by atoms with Gasteiger partial charge in [0.2, 0.25) is 11.8 Å². The van der Waals surface area contributed by atoms with Crippen LogP contribution < -0.4 is 0 Å². The van der Waals surface area contributed by atoms with Gasteiger partial charge in [-0.1, -0.05) is 19.3 Å². The number of amides is 2. The summed E-state index contributed by atoms with van der Waals surface area (Å²) in [7, 11) is 0. The van der Waals surface area contributed by atoms with Crippen LogP contribution >= 0.6 is 0 Å². The predicted molar refractivity (Wildman–Crippen MR) is 106 cm³/mol. The average molecular weight is 388 g/mol. The highest BCUT2D eigenvalue weighted by atomic mass is 16.2. The molecule has 1 aliphatic carbocycles. The number of rotatable bonds is 3. The standard InChI is InChI=1S/C21H33N5O2/c1-16(27)25-10-5-8-18(15-25)21-23-22-19-9-11-24(12-13-26(19)21)20(28)14-17-6-3-2-4-7-17/h17-18H,2-15H2,1H3/t18-/m0/s1. The van der Waals surface area contributed by atoms with Crippen molar-refractivity contribution >= 4 is 11.8 Å². The molecule has 0 bridgehead atoms. The zero-order valence-corrected chi connectivity index (χ0v) is 17.1. The van der Waals surface area contributed by atoms with E-state index in [2.05, 4.69) is 14.8 Å². The molecule has 3 heterocycles. The van der Waals surface area contributed by atoms with Gasteiger partial charge in [-0.3, -0.25) is 9.59 Å². The maximum Gasteiger partial charge on any atom is 0.222 e. The fraction of sp³-hybridized carbons (Fsp3) is 0.810. The topological polar surface area (TPSA) is 71.3 Å². The smallest absolute Gasteiger partial charge is 0.222 e. The van der Waals surface area contributed by atoms with Gasteiger partial charge in [0.25, 0.3) is 0 Å². The number of carbonyl (C=O) groups excluding carboxylic acids is 2. The number of likely N-dealkylation sites (tertiary alicyclic amines) is 1. The molecule has 3 aliphatic rings. The van der Waals surface area contributed by atoms with Crippen molar-refractivity contribution in [2.45, 2.75) is 77.2 Å². The molecule has 0 N–H and O–H groups in total. The summed E-state index contributed by atoms with van der Waals surface area (Å²) in [6, 6.07) is 0. The molecule has 7 heteroatoms. The van der Waals surface area contributed by atoms with Crippen molar-refractivity contribution in [1.82, 2.24) is 24.6 Å². The minimum Gasteiger partial charge on any atom is -0.342 e. The van der Waals surface area contributed by atoms with Gasteiger partial charge in [0.1, 0.15) is 11.6 Å². The molecule has 2 aliphatic heterocycles. The van der Waals surface area contributed by atoms with E-state index in [0.717, 1.165) is 63.6 Å². The number of piperidine rings is 1. The van der Waals surface area contributed by atoms with Crippen molar-refractivity contribution in [3.63, 3.8) is 0 Å². The van der Waals surface area contributed by atoms with Crippen LogP contribution in [0.25, 0.3) is 0 Å². The summed E-state index contributed by atoms with van der Waals surface area (Å²) in [5.41, 5.74) is 0. The maximum atomic E-state index is 12.8. The average Bonchev–Trinajstić information content (AvgIpc) is 3.00. The second kappa shape index (κ2) is 8.62. The first-order valence-electron chi connectivity index (χ1n) is 11.1. The molecular formula is C21H33N5O2. The molecule has 7 nitrogen and oxygen atoms in total. The molecule has 2 fully saturated rings. The van der Waals surface area contributed by atoms with E-state index in [1.807, 2.05) is 9.80 Å². The molecule has 1 saturated carbocycles. The summed E-state index contributed by atoms with van der Waals surface area (Å²) < 4.78 is 2.22. The molecule has 2 amide bonds. The Morgan fingerprint density at radius 3 is 2.54 bits per heavy atom. The van der Waals surface area contributed by atoms with Gasteiger partial charge in [-0.05, 0) is 31.6 Å². The van der Waals surface area contributed by atoms with Crippen LogP contribution in [0.1, 0.15) is 75.9 Å². The third-order valence-electron chi connectivity index (χ3n) is 6.83. The lowest BCUT2D eigenvalue weighted by atomic mass is 9.86. The number of hydrogen-bond acceptors (Lipinski definition) is 4. The van der Waals surface area contributed by atoms with Crippen molar-refractivity contribution < 1.29 is 9.59 Å². The second-order valence-corrected chi connectivity index (χ2v) is 8.77. The van der Waals surface area contributed by atoms with E-state index in [-0.39, 0.29) is 11.8 Å². The summed E-state index contributed by atoms with van der Waals surface area (Å²) in [4.78, 5) is 28.6. The van der Waals surface area contributed by atoms with E-state index in [4.69, 9.17) is 0 Å². The van der Waals surface area contributed by atoms with Crippen LogP contribution in [-0.4, -0.2) is 62.6 Å². The van der Waals surface area contributed by atoms with Gasteiger partial charge < -0.3 is 14.4 Å². The molecule has 0 spiro atoms. The first-order chi connectivity index (χ1) is 13.6. The molecule has 154 valence electrons. The zero-order valence-electron chi connectivity index (χ0n) is 17.1. The van der Waals surface area contributed by atoms with Crippen LogP contribution in [0.5, 0.6) is 0 Å². The Morgan fingerprint density at radius 2 is 1.75 bits per heavy atom. The van der Waals surface area contributed by atoms with E-state index in [0.29, 0.717) is 18.2 Å². The number of carbonyl (C=O) groups is 2. The van der Waals surface area contributed by atoms with Crippen LogP contribution in [0.3, 0.4) is 0 Å². The van der Waals surface area contributed by atoms with Gasteiger partial charge >= 0.3 is 0 Å². The summed E-state index contributed by atoms with van der Waals surface area (Å²) >= 11 is 0. The van der Waals surface area contributed by atoms with Crippen LogP contribution in [0.4, 0.5) is 0 Å². The summed E-state index contributed by atoms with van der Waals surface area (Å²) in [5.74, 6) is 3.28. The lowest BCUT2D eigenvalue weighted by molar-refractivity contribution is -0.132. The van der Waals surface area contributed by atoms with E-state index >= 15 is 0 Å². The fourth-order valence-electron chi connectivity index (χ4n) is 5.14. The molecular weight excluding hydrogens is 354 g/mol. The van der Waals surface area contributed by atoms with Gasteiger partial charge in [0.15, 0.2) is 0 Å². The Kier molecular flexibility index (Phi) is 5.97. The van der Waals surface area contributed by atoms with Crippen LogP contribution in [0.2, 0.25) is 0 Å². The fourth-order valence-corrected chi connectivity index (χ4v) is 5.14. The van der Waals surface area contributed by atoms with E-state index in [1.165, 1.54) is 32.1 Å². The van der Waals surface area contributed by atoms with Crippen LogP contribution in [0, 0.1) is 5.92 Å². The molecule has 1 aromatic rings. The molecule has 4 rings (SSSR count). The summed E-state index contributed by atoms with van der Waals surface area (Å²) in [5, 5.41) is 8.93. The minimum atomic E-state index is 0.139. The van der Waals surface area contributed by atoms with Crippen LogP contribution in [-0.2, 0) is 22.6 Å². The summed E-state index contributed by atoms with van der Waals surface area (Å²) in [6.45, 7) is 5.47. The predicted octanol–water partition coefficient (Wildman–Crippen LogP) is 2.36. The summed E-state index contributed by atoms with van der Waals surface area (Å²) in [6.07, 6.45) is 9.85. The first-order valence-corrected chi connectivity index (χ1v) is 11.1. The molecule has 1 aromatic heterocycles. The monoisotopic (exact) mass is 387 g/mol. The van der Waals surface area contributed by atoms with Crippen molar-refractivity contribution in [3.05, 3.63) is 11.6 Å². The van der Waals surface area contributed by atoms with E-state index in [9.17, 15) is 9.59 Å². The normalized spacial score (nSPS) is 24.0. The molecule has 1 atom stereocenters. The van der Waals surface area contributed by atoms with Crippen molar-refractivity contribution in [3.8, 4) is 0 Å². The molecule has 1 saturated heterocycles. The zero-order chi connectivity index (χ0) is 19.5. The maximum absolute atomic E-state index is 12.8. The Balaban J connectivity index is 1.39. The Labute approximate surface area is 167 Å². The Hall–Kier alpha value is -1.92. The highest BCUT2D eigenvalue weighted by Gasteiger charge is 2.30. The van der Waals surface area contributed by atoms with E-state index in [1.54, 1.807) is 6.92 Å². The lowest BCUT2D eigenvalue weighted by Gasteiger charge is -2.31. The molecule has 0 aromatic carbocycles. The number of fused-ring (bicyclic) bond motifs is 1. The number of aromatic nitrogens is 3. The highest BCUT2D eigenvalue weighted by molar-refractivity contribution is 5.76. The molecule has 28 heavy (non-hydrogen) atoms. The van der Waals surface area contributed by atoms with Crippen molar-refractivity contribution in [2.75, 3.05) is 26.2 Å². The quantitative estimate of drug-likeness (QED) is 0.798. The van der Waals surface area contributed by atoms with E-state index < -0.39 is 0 Å². The number of nitrogens with zero attached hydrogens (tertiary/aromatic N) is 5. The Morgan fingerprint density at radius 1 is 0.929 bits per heavy atom. The SMILES string of the molecule is CC(=O)N1CCC[C@H](c2nnc3n2CCN(C(=O)CC2CCCCC2)CC3)C1. The molecule has 0 radical (unpaired) electrons. The van der Waals surface area contributed by atoms with Crippen molar-refractivity contribution in [1.29, 1.82) is 0 Å². The third-order valence-corrected chi connectivity index (χ3v) is 6.83. The first kappa shape index (κ1) is 19.4. The van der Waals surface area contributed by atoms with Gasteiger partial charge in [-0.25, -0.2) is 0 Å². The van der Waals surface area contributed by atoms with Gasteiger partial charge in [-0.15, -0.1) is 10.2 Å². The minimum absolute atomic E-state index is 0.139. The van der Waals surface area contributed by atoms with Crippen molar-refractivity contribution in [2.24, 2.45) is 5.92 Å². The van der Waals surface area contributed by atoms with Gasteiger partial charge in [0.05, 0.1) is 0 Å². The van der Waals surface area contributed by atoms with Gasteiger partial charge in [-0.2, -0.15) is 0 Å². The largest absolute Gasteiger partial charge is 0.342 e. The lowest BCUT2D eigenvalue weighted by Crippen LogP contribution is -2.38. The molecule has 0 unspecified atom stereocenters. The Bertz CT molecular complexity index is 710. The van der Waals surface area contributed by atoms with Gasteiger partial charge in [0, 0.05) is 58.4 Å². The van der Waals surface area contributed by atoms with Crippen LogP contribution in [0.15, 0.2) is 0 Å².